The second kappa shape index (κ2) is 6.89. The molecule has 2 aromatic heterocycles. The highest BCUT2D eigenvalue weighted by Crippen LogP contribution is 2.32. The maximum absolute atomic E-state index is 12.8. The van der Waals surface area contributed by atoms with Crippen molar-refractivity contribution >= 4 is 33.1 Å². The van der Waals surface area contributed by atoms with Gasteiger partial charge in [0.15, 0.2) is 0 Å². The molecule has 2 aromatic carbocycles. The van der Waals surface area contributed by atoms with Crippen molar-refractivity contribution in [3.8, 4) is 11.4 Å². The van der Waals surface area contributed by atoms with E-state index in [1.165, 1.54) is 11.3 Å². The van der Waals surface area contributed by atoms with E-state index in [2.05, 4.69) is 23.4 Å². The number of thiophene rings is 1. The number of rotatable bonds is 4. The predicted octanol–water partition coefficient (Wildman–Crippen LogP) is 4.96. The van der Waals surface area contributed by atoms with Crippen molar-refractivity contribution in [3.05, 3.63) is 70.7 Å². The van der Waals surface area contributed by atoms with E-state index in [9.17, 15) is 4.79 Å². The molecule has 0 saturated heterocycles. The number of carbonyl (C=O) groups excluding carboxylic acids is 1. The monoisotopic (exact) mass is 377 g/mol. The van der Waals surface area contributed by atoms with Gasteiger partial charge in [0.2, 0.25) is 0 Å². The van der Waals surface area contributed by atoms with Crippen LogP contribution >= 0.6 is 11.3 Å². The molecular weight excluding hydrogens is 358 g/mol. The summed E-state index contributed by atoms with van der Waals surface area (Å²) >= 11 is 1.44. The van der Waals surface area contributed by atoms with Crippen molar-refractivity contribution in [2.75, 3.05) is 12.4 Å². The Morgan fingerprint density at radius 3 is 2.63 bits per heavy atom. The van der Waals surface area contributed by atoms with E-state index >= 15 is 0 Å². The van der Waals surface area contributed by atoms with Gasteiger partial charge in [0.25, 0.3) is 5.91 Å². The minimum atomic E-state index is -0.156. The van der Waals surface area contributed by atoms with Crippen LogP contribution in [0.25, 0.3) is 15.9 Å². The highest BCUT2D eigenvalue weighted by atomic mass is 32.1. The van der Waals surface area contributed by atoms with E-state index in [4.69, 9.17) is 4.74 Å². The van der Waals surface area contributed by atoms with Crippen molar-refractivity contribution in [2.24, 2.45) is 0 Å². The number of aromatic nitrogens is 2. The van der Waals surface area contributed by atoms with Crippen molar-refractivity contribution in [3.63, 3.8) is 0 Å². The molecule has 4 rings (SSSR count). The van der Waals surface area contributed by atoms with Crippen LogP contribution in [0, 0.1) is 13.8 Å². The van der Waals surface area contributed by atoms with Gasteiger partial charge in [0, 0.05) is 5.39 Å². The third kappa shape index (κ3) is 3.08. The Morgan fingerprint density at radius 2 is 1.85 bits per heavy atom. The van der Waals surface area contributed by atoms with E-state index in [0.29, 0.717) is 16.3 Å². The van der Waals surface area contributed by atoms with Gasteiger partial charge in [-0.05, 0) is 43.7 Å². The first-order valence-electron chi connectivity index (χ1n) is 8.58. The molecule has 27 heavy (non-hydrogen) atoms. The molecule has 1 amide bonds. The first-order valence-corrected chi connectivity index (χ1v) is 9.39. The molecule has 136 valence electrons. The van der Waals surface area contributed by atoms with Gasteiger partial charge < -0.3 is 10.1 Å². The van der Waals surface area contributed by atoms with E-state index < -0.39 is 0 Å². The summed E-state index contributed by atoms with van der Waals surface area (Å²) in [5.41, 5.74) is 3.71. The fraction of sp³-hybridized carbons (Fsp3) is 0.143. The number of fused-ring (bicyclic) bond motifs is 1. The average molecular weight is 377 g/mol. The number of amides is 1. The molecule has 0 aliphatic carbocycles. The third-order valence-corrected chi connectivity index (χ3v) is 5.58. The SMILES string of the molecule is COc1ccccc1NC(=O)c1cc2c(C)nn(-c3ccccc3C)c2s1. The summed E-state index contributed by atoms with van der Waals surface area (Å²) in [6.07, 6.45) is 0. The largest absolute Gasteiger partial charge is 0.495 e. The van der Waals surface area contributed by atoms with Gasteiger partial charge in [-0.15, -0.1) is 11.3 Å². The smallest absolute Gasteiger partial charge is 0.265 e. The third-order valence-electron chi connectivity index (χ3n) is 4.47. The molecule has 4 aromatic rings. The van der Waals surface area contributed by atoms with Crippen molar-refractivity contribution < 1.29 is 9.53 Å². The summed E-state index contributed by atoms with van der Waals surface area (Å²) < 4.78 is 7.23. The van der Waals surface area contributed by atoms with Gasteiger partial charge in [0.1, 0.15) is 10.6 Å². The van der Waals surface area contributed by atoms with Crippen molar-refractivity contribution in [2.45, 2.75) is 13.8 Å². The number of anilines is 1. The molecular formula is C21H19N3O2S. The molecule has 0 bridgehead atoms. The van der Waals surface area contributed by atoms with Crippen LogP contribution in [0.2, 0.25) is 0 Å². The van der Waals surface area contributed by atoms with Gasteiger partial charge in [-0.1, -0.05) is 30.3 Å². The van der Waals surface area contributed by atoms with E-state index in [1.54, 1.807) is 7.11 Å². The van der Waals surface area contributed by atoms with Crippen molar-refractivity contribution in [1.29, 1.82) is 0 Å². The summed E-state index contributed by atoms with van der Waals surface area (Å²) in [5.74, 6) is 0.477. The lowest BCUT2D eigenvalue weighted by Crippen LogP contribution is -2.11. The van der Waals surface area contributed by atoms with Gasteiger partial charge in [0.05, 0.1) is 29.1 Å². The molecule has 0 fully saturated rings. The Hall–Kier alpha value is -3.12. The molecule has 0 unspecified atom stereocenters. The Bertz CT molecular complexity index is 1140. The average Bonchev–Trinajstić information content (AvgIpc) is 3.24. The number of benzene rings is 2. The molecule has 6 heteroatoms. The maximum atomic E-state index is 12.8. The number of aryl methyl sites for hydroxylation is 2. The van der Waals surface area contributed by atoms with Gasteiger partial charge >= 0.3 is 0 Å². The van der Waals surface area contributed by atoms with Crippen molar-refractivity contribution in [1.82, 2.24) is 9.78 Å². The molecule has 2 heterocycles. The fourth-order valence-corrected chi connectivity index (χ4v) is 4.13. The topological polar surface area (TPSA) is 56.1 Å². The highest BCUT2D eigenvalue weighted by Gasteiger charge is 2.18. The lowest BCUT2D eigenvalue weighted by atomic mass is 10.2. The molecule has 0 aliphatic heterocycles. The summed E-state index contributed by atoms with van der Waals surface area (Å²) in [6.45, 7) is 4.02. The summed E-state index contributed by atoms with van der Waals surface area (Å²) in [5, 5.41) is 8.60. The van der Waals surface area contributed by atoms with E-state index in [-0.39, 0.29) is 5.91 Å². The summed E-state index contributed by atoms with van der Waals surface area (Å²) in [4.78, 5) is 14.4. The lowest BCUT2D eigenvalue weighted by molar-refractivity contribution is 0.103. The van der Waals surface area contributed by atoms with E-state index in [0.717, 1.165) is 27.2 Å². The first-order chi connectivity index (χ1) is 13.1. The normalized spacial score (nSPS) is 10.9. The van der Waals surface area contributed by atoms with E-state index in [1.807, 2.05) is 60.1 Å². The molecule has 5 nitrogen and oxygen atoms in total. The van der Waals surface area contributed by atoms with Crippen LogP contribution in [0.1, 0.15) is 20.9 Å². The Morgan fingerprint density at radius 1 is 1.11 bits per heavy atom. The summed E-state index contributed by atoms with van der Waals surface area (Å²) in [7, 11) is 1.59. The van der Waals surface area contributed by atoms with Gasteiger partial charge in [-0.3, -0.25) is 4.79 Å². The maximum Gasteiger partial charge on any atom is 0.265 e. The first kappa shape index (κ1) is 17.3. The number of ether oxygens (including phenoxy) is 1. The Kier molecular flexibility index (Phi) is 4.41. The second-order valence-electron chi connectivity index (χ2n) is 6.27. The molecule has 0 spiro atoms. The van der Waals surface area contributed by atoms with Crippen LogP contribution in [-0.4, -0.2) is 22.8 Å². The second-order valence-corrected chi connectivity index (χ2v) is 7.30. The van der Waals surface area contributed by atoms with Crippen LogP contribution in [0.3, 0.4) is 0 Å². The minimum Gasteiger partial charge on any atom is -0.495 e. The van der Waals surface area contributed by atoms with Crippen LogP contribution in [0.15, 0.2) is 54.6 Å². The molecule has 0 saturated carbocycles. The molecule has 0 aliphatic rings. The number of hydrogen-bond donors (Lipinski definition) is 1. The quantitative estimate of drug-likeness (QED) is 0.547. The van der Waals surface area contributed by atoms with Crippen LogP contribution in [0.4, 0.5) is 5.69 Å². The summed E-state index contributed by atoms with van der Waals surface area (Å²) in [6, 6.07) is 17.4. The van der Waals surface area contributed by atoms with Crippen LogP contribution < -0.4 is 10.1 Å². The standard InChI is InChI=1S/C21H19N3O2S/c1-13-8-4-6-10-17(13)24-21-15(14(2)23-24)12-19(27-21)20(25)22-16-9-5-7-11-18(16)26-3/h4-12H,1-3H3,(H,22,25). The Labute approximate surface area is 161 Å². The zero-order valence-corrected chi connectivity index (χ0v) is 16.1. The lowest BCUT2D eigenvalue weighted by Gasteiger charge is -2.08. The zero-order valence-electron chi connectivity index (χ0n) is 15.3. The predicted molar refractivity (Wildman–Crippen MR) is 109 cm³/mol. The number of methoxy groups -OCH3 is 1. The van der Waals surface area contributed by atoms with Gasteiger partial charge in [-0.2, -0.15) is 5.10 Å². The molecule has 1 N–H and O–H groups in total. The van der Waals surface area contributed by atoms with Crippen LogP contribution in [0.5, 0.6) is 5.75 Å². The minimum absolute atomic E-state index is 0.156. The number of para-hydroxylation sites is 3. The number of nitrogens with zero attached hydrogens (tertiary/aromatic N) is 2. The Balaban J connectivity index is 1.73. The molecule has 0 radical (unpaired) electrons. The number of hydrogen-bond acceptors (Lipinski definition) is 4. The zero-order chi connectivity index (χ0) is 19.0. The van der Waals surface area contributed by atoms with Gasteiger partial charge in [-0.25, -0.2) is 4.68 Å². The fourth-order valence-electron chi connectivity index (χ4n) is 3.06. The number of carbonyl (C=O) groups is 1. The van der Waals surface area contributed by atoms with Crippen LogP contribution in [-0.2, 0) is 0 Å². The molecule has 0 atom stereocenters. The number of nitrogens with one attached hydrogen (secondary N) is 1. The highest BCUT2D eigenvalue weighted by molar-refractivity contribution is 7.20.